The van der Waals surface area contributed by atoms with Crippen LogP contribution in [0.5, 0.6) is 0 Å². The first kappa shape index (κ1) is 26.6. The quantitative estimate of drug-likeness (QED) is 0.545. The van der Waals surface area contributed by atoms with Crippen molar-refractivity contribution in [2.75, 3.05) is 20.1 Å². The largest absolute Gasteiger partial charge is 0.416 e. The number of rotatable bonds is 8. The molecular formula is C23H33F3N4O3. The Bertz CT molecular complexity index is 844. The number of carbonyl (C=O) groups excluding carboxylic acids is 3. The van der Waals surface area contributed by atoms with Gasteiger partial charge in [-0.15, -0.1) is 0 Å². The third-order valence-corrected chi connectivity index (χ3v) is 6.11. The van der Waals surface area contributed by atoms with Gasteiger partial charge in [-0.05, 0) is 65.3 Å². The van der Waals surface area contributed by atoms with E-state index < -0.39 is 36.0 Å². The van der Waals surface area contributed by atoms with Crippen molar-refractivity contribution in [3.8, 4) is 0 Å². The van der Waals surface area contributed by atoms with Crippen molar-refractivity contribution >= 4 is 17.7 Å². The Labute approximate surface area is 192 Å². The first-order chi connectivity index (χ1) is 15.4. The zero-order valence-corrected chi connectivity index (χ0v) is 19.5. The molecule has 33 heavy (non-hydrogen) atoms. The fourth-order valence-electron chi connectivity index (χ4n) is 4.06. The lowest BCUT2D eigenvalue weighted by Gasteiger charge is -2.41. The van der Waals surface area contributed by atoms with Gasteiger partial charge in [-0.3, -0.25) is 14.4 Å². The van der Waals surface area contributed by atoms with E-state index >= 15 is 0 Å². The lowest BCUT2D eigenvalue weighted by atomic mass is 9.80. The van der Waals surface area contributed by atoms with Gasteiger partial charge in [-0.25, -0.2) is 0 Å². The van der Waals surface area contributed by atoms with Crippen molar-refractivity contribution in [3.63, 3.8) is 0 Å². The number of hydrogen-bond acceptors (Lipinski definition) is 4. The number of alkyl halides is 3. The Morgan fingerprint density at radius 3 is 2.45 bits per heavy atom. The summed E-state index contributed by atoms with van der Waals surface area (Å²) < 4.78 is 38.6. The Morgan fingerprint density at radius 2 is 1.85 bits per heavy atom. The molecule has 0 aromatic heterocycles. The maximum atomic E-state index is 12.9. The molecule has 0 radical (unpaired) electrons. The standard InChI is InChI=1S/C23H33F3N4O3/c1-5-27-22(33)18-12-17(30(4)14(2)3)9-10-19(18)29-20(31)13-28-21(32)15-7-6-8-16(11-15)23(24,25)26/h6-8,11,14,17-19H,5,9-10,12-13H2,1-4H3,(H,27,33)(H,28,32)(H,29,31)/t17-,18+,19+/m1/s1. The number of nitrogens with zero attached hydrogens (tertiary/aromatic N) is 1. The van der Waals surface area contributed by atoms with Gasteiger partial charge in [0.15, 0.2) is 0 Å². The van der Waals surface area contributed by atoms with E-state index in [1.165, 1.54) is 6.07 Å². The van der Waals surface area contributed by atoms with Gasteiger partial charge in [-0.2, -0.15) is 13.2 Å². The van der Waals surface area contributed by atoms with Crippen LogP contribution in [0.25, 0.3) is 0 Å². The fourth-order valence-corrected chi connectivity index (χ4v) is 4.06. The van der Waals surface area contributed by atoms with Gasteiger partial charge in [0, 0.05) is 30.2 Å². The summed E-state index contributed by atoms with van der Waals surface area (Å²) in [5.41, 5.74) is -1.12. The minimum absolute atomic E-state index is 0.127. The van der Waals surface area contributed by atoms with E-state index in [0.29, 0.717) is 25.4 Å². The molecule has 1 aromatic rings. The highest BCUT2D eigenvalue weighted by Crippen LogP contribution is 2.30. The van der Waals surface area contributed by atoms with Gasteiger partial charge in [0.25, 0.3) is 5.91 Å². The second-order valence-electron chi connectivity index (χ2n) is 8.66. The molecule has 0 spiro atoms. The molecule has 0 aliphatic heterocycles. The van der Waals surface area contributed by atoms with E-state index in [2.05, 4.69) is 34.7 Å². The van der Waals surface area contributed by atoms with E-state index in [9.17, 15) is 27.6 Å². The average molecular weight is 471 g/mol. The Hall–Kier alpha value is -2.62. The molecule has 1 saturated carbocycles. The highest BCUT2D eigenvalue weighted by molar-refractivity contribution is 5.96. The Balaban J connectivity index is 1.98. The van der Waals surface area contributed by atoms with Crippen molar-refractivity contribution in [1.29, 1.82) is 0 Å². The zero-order valence-electron chi connectivity index (χ0n) is 19.5. The third kappa shape index (κ3) is 7.45. The van der Waals surface area contributed by atoms with Crippen LogP contribution in [0.2, 0.25) is 0 Å². The Morgan fingerprint density at radius 1 is 1.15 bits per heavy atom. The highest BCUT2D eigenvalue weighted by atomic mass is 19.4. The van der Waals surface area contributed by atoms with Crippen LogP contribution < -0.4 is 16.0 Å². The summed E-state index contributed by atoms with van der Waals surface area (Å²) in [6.45, 7) is 6.08. The van der Waals surface area contributed by atoms with Gasteiger partial charge in [-0.1, -0.05) is 6.07 Å². The van der Waals surface area contributed by atoms with Gasteiger partial charge in [0.05, 0.1) is 18.0 Å². The maximum Gasteiger partial charge on any atom is 0.416 e. The highest BCUT2D eigenvalue weighted by Gasteiger charge is 2.37. The number of amides is 3. The van der Waals surface area contributed by atoms with Crippen LogP contribution in [-0.2, 0) is 15.8 Å². The first-order valence-corrected chi connectivity index (χ1v) is 11.2. The molecule has 7 nitrogen and oxygen atoms in total. The molecule has 1 aromatic carbocycles. The molecule has 1 aliphatic carbocycles. The van der Waals surface area contributed by atoms with Gasteiger partial charge in [0.2, 0.25) is 11.8 Å². The molecule has 0 bridgehead atoms. The number of hydrogen-bond donors (Lipinski definition) is 3. The number of benzene rings is 1. The minimum atomic E-state index is -4.57. The molecule has 3 amide bonds. The van der Waals surface area contributed by atoms with Crippen LogP contribution in [0, 0.1) is 5.92 Å². The topological polar surface area (TPSA) is 90.5 Å². The first-order valence-electron chi connectivity index (χ1n) is 11.2. The van der Waals surface area contributed by atoms with Crippen molar-refractivity contribution in [2.45, 2.75) is 64.3 Å². The summed E-state index contributed by atoms with van der Waals surface area (Å²) in [7, 11) is 2.02. The monoisotopic (exact) mass is 470 g/mol. The summed E-state index contributed by atoms with van der Waals surface area (Å²) in [5.74, 6) is -1.81. The van der Waals surface area contributed by atoms with Crippen molar-refractivity contribution in [2.24, 2.45) is 5.92 Å². The van der Waals surface area contributed by atoms with Crippen molar-refractivity contribution < 1.29 is 27.6 Å². The van der Waals surface area contributed by atoms with E-state index in [-0.39, 0.29) is 23.6 Å². The van der Waals surface area contributed by atoms with Crippen LogP contribution in [0.4, 0.5) is 13.2 Å². The lowest BCUT2D eigenvalue weighted by Crippen LogP contribution is -2.54. The summed E-state index contributed by atoms with van der Waals surface area (Å²) >= 11 is 0. The molecule has 0 unspecified atom stereocenters. The van der Waals surface area contributed by atoms with Crippen LogP contribution in [0.1, 0.15) is 56.0 Å². The second-order valence-corrected chi connectivity index (χ2v) is 8.66. The molecule has 10 heteroatoms. The number of carbonyl (C=O) groups is 3. The van der Waals surface area contributed by atoms with E-state index in [1.807, 2.05) is 14.0 Å². The molecule has 1 fully saturated rings. The summed E-state index contributed by atoms with van der Waals surface area (Å²) in [5, 5.41) is 8.00. The molecular weight excluding hydrogens is 437 g/mol. The molecule has 3 N–H and O–H groups in total. The number of nitrogens with one attached hydrogen (secondary N) is 3. The lowest BCUT2D eigenvalue weighted by molar-refractivity contribution is -0.137. The smallest absolute Gasteiger partial charge is 0.356 e. The predicted molar refractivity (Wildman–Crippen MR) is 118 cm³/mol. The third-order valence-electron chi connectivity index (χ3n) is 6.11. The summed E-state index contributed by atoms with van der Waals surface area (Å²) in [6, 6.07) is 4.16. The molecule has 1 aliphatic rings. The molecule has 2 rings (SSSR count). The molecule has 3 atom stereocenters. The van der Waals surface area contributed by atoms with Crippen LogP contribution in [0.3, 0.4) is 0 Å². The summed E-state index contributed by atoms with van der Waals surface area (Å²) in [4.78, 5) is 39.6. The van der Waals surface area contributed by atoms with Gasteiger partial charge < -0.3 is 20.9 Å². The second kappa shape index (κ2) is 11.5. The molecule has 184 valence electrons. The van der Waals surface area contributed by atoms with Crippen LogP contribution in [0.15, 0.2) is 24.3 Å². The van der Waals surface area contributed by atoms with E-state index in [4.69, 9.17) is 0 Å². The van der Waals surface area contributed by atoms with Crippen LogP contribution >= 0.6 is 0 Å². The fraction of sp³-hybridized carbons (Fsp3) is 0.609. The van der Waals surface area contributed by atoms with Crippen LogP contribution in [-0.4, -0.2) is 60.9 Å². The molecule has 0 heterocycles. The van der Waals surface area contributed by atoms with Crippen molar-refractivity contribution in [1.82, 2.24) is 20.9 Å². The Kier molecular flexibility index (Phi) is 9.27. The SMILES string of the molecule is CCNC(=O)[C@H]1C[C@H](N(C)C(C)C)CC[C@@H]1NC(=O)CNC(=O)c1cccc(C(F)(F)F)c1. The summed E-state index contributed by atoms with van der Waals surface area (Å²) in [6.07, 6.45) is -2.55. The van der Waals surface area contributed by atoms with Crippen molar-refractivity contribution in [3.05, 3.63) is 35.4 Å². The van der Waals surface area contributed by atoms with Gasteiger partial charge in [0.1, 0.15) is 0 Å². The predicted octanol–water partition coefficient (Wildman–Crippen LogP) is 2.57. The number of halogens is 3. The van der Waals surface area contributed by atoms with Gasteiger partial charge >= 0.3 is 6.18 Å². The normalized spacial score (nSPS) is 21.1. The average Bonchev–Trinajstić information content (AvgIpc) is 2.76. The van der Waals surface area contributed by atoms with E-state index in [1.54, 1.807) is 0 Å². The zero-order chi connectivity index (χ0) is 24.8. The van der Waals surface area contributed by atoms with E-state index in [0.717, 1.165) is 24.6 Å². The molecule has 0 saturated heterocycles. The maximum absolute atomic E-state index is 12.9. The minimum Gasteiger partial charge on any atom is -0.356 e.